The molecule has 0 amide bonds. The molecule has 4 aromatic rings. The predicted octanol–water partition coefficient (Wildman–Crippen LogP) is 7.86. The van der Waals surface area contributed by atoms with Crippen LogP contribution in [0.1, 0.15) is 50.7 Å². The van der Waals surface area contributed by atoms with Gasteiger partial charge in [-0.05, 0) is 96.2 Å². The van der Waals surface area contributed by atoms with Crippen LogP contribution in [0.4, 0.5) is 0 Å². The van der Waals surface area contributed by atoms with Crippen molar-refractivity contribution >= 4 is 11.6 Å². The van der Waals surface area contributed by atoms with E-state index in [0.717, 1.165) is 44.5 Å². The van der Waals surface area contributed by atoms with Gasteiger partial charge >= 0.3 is 0 Å². The summed E-state index contributed by atoms with van der Waals surface area (Å²) in [5.41, 5.74) is 7.97. The molecule has 1 aliphatic rings. The Hall–Kier alpha value is -4.38. The third-order valence-electron chi connectivity index (χ3n) is 8.55. The highest BCUT2D eigenvalue weighted by molar-refractivity contribution is 5.95. The highest BCUT2D eigenvalue weighted by atomic mass is 16.3. The molecule has 4 heteroatoms. The molecule has 2 atom stereocenters. The van der Waals surface area contributed by atoms with E-state index in [0.29, 0.717) is 12.8 Å². The molecule has 0 aliphatic heterocycles. The highest BCUT2D eigenvalue weighted by Crippen LogP contribution is 2.59. The first-order valence-corrected chi connectivity index (χ1v) is 15.0. The lowest BCUT2D eigenvalue weighted by atomic mass is 9.67. The van der Waals surface area contributed by atoms with Gasteiger partial charge < -0.3 is 10.2 Å². The molecule has 0 aromatic heterocycles. The Bertz CT molecular complexity index is 1520. The molecule has 43 heavy (non-hydrogen) atoms. The molecular formula is C39H38O4. The van der Waals surface area contributed by atoms with Crippen LogP contribution >= 0.6 is 0 Å². The molecule has 0 saturated carbocycles. The second-order valence-electron chi connectivity index (χ2n) is 11.2. The molecule has 0 spiro atoms. The minimum absolute atomic E-state index is 0.229. The topological polar surface area (TPSA) is 74.6 Å². The third-order valence-corrected chi connectivity index (χ3v) is 8.55. The quantitative estimate of drug-likeness (QED) is 0.170. The number of carbonyl (C=O) groups is 2. The van der Waals surface area contributed by atoms with E-state index >= 15 is 0 Å². The van der Waals surface area contributed by atoms with Crippen LogP contribution in [-0.4, -0.2) is 34.0 Å². The molecule has 4 aromatic carbocycles. The number of carbonyl (C=O) groups excluding carboxylic acids is 2. The lowest BCUT2D eigenvalue weighted by molar-refractivity contribution is -0.122. The lowest BCUT2D eigenvalue weighted by Gasteiger charge is -2.36. The van der Waals surface area contributed by atoms with Crippen molar-refractivity contribution < 1.29 is 19.8 Å². The number of aliphatic hydroxyl groups excluding tert-OH is 2. The van der Waals surface area contributed by atoms with Crippen molar-refractivity contribution in [3.05, 3.63) is 132 Å². The van der Waals surface area contributed by atoms with Gasteiger partial charge in [-0.15, -0.1) is 0 Å². The number of rotatable bonds is 12. The summed E-state index contributed by atoms with van der Waals surface area (Å²) < 4.78 is 0. The average Bonchev–Trinajstić information content (AvgIpc) is 3.33. The van der Waals surface area contributed by atoms with Gasteiger partial charge in [-0.2, -0.15) is 0 Å². The zero-order valence-corrected chi connectivity index (χ0v) is 24.7. The summed E-state index contributed by atoms with van der Waals surface area (Å²) >= 11 is 0. The van der Waals surface area contributed by atoms with E-state index in [-0.39, 0.29) is 24.4 Å². The van der Waals surface area contributed by atoms with Crippen molar-refractivity contribution in [2.24, 2.45) is 0 Å². The minimum atomic E-state index is -1.16. The molecule has 1 aliphatic carbocycles. The van der Waals surface area contributed by atoms with E-state index in [1.54, 1.807) is 26.0 Å². The maximum atomic E-state index is 12.7. The van der Waals surface area contributed by atoms with Crippen LogP contribution in [0.3, 0.4) is 0 Å². The maximum Gasteiger partial charge on any atom is 0.183 e. The van der Waals surface area contributed by atoms with Gasteiger partial charge in [0.1, 0.15) is 12.2 Å². The Morgan fingerprint density at radius 1 is 0.581 bits per heavy atom. The first-order valence-electron chi connectivity index (χ1n) is 15.0. The Kier molecular flexibility index (Phi) is 9.30. The number of aliphatic hydroxyl groups is 2. The Morgan fingerprint density at radius 3 is 1.33 bits per heavy atom. The first kappa shape index (κ1) is 30.1. The second-order valence-corrected chi connectivity index (χ2v) is 11.2. The summed E-state index contributed by atoms with van der Waals surface area (Å²) in [7, 11) is 0. The predicted molar refractivity (Wildman–Crippen MR) is 174 cm³/mol. The van der Waals surface area contributed by atoms with Crippen molar-refractivity contribution in [1.82, 2.24) is 0 Å². The van der Waals surface area contributed by atoms with Crippen LogP contribution in [0, 0.1) is 0 Å². The molecule has 2 N–H and O–H groups in total. The fourth-order valence-electron chi connectivity index (χ4n) is 6.65. The first-order chi connectivity index (χ1) is 20.9. The Balaban J connectivity index is 1.77. The van der Waals surface area contributed by atoms with E-state index in [2.05, 4.69) is 60.7 Å². The molecule has 0 saturated heterocycles. The van der Waals surface area contributed by atoms with Crippen molar-refractivity contribution in [1.29, 1.82) is 0 Å². The van der Waals surface area contributed by atoms with Crippen LogP contribution in [0.25, 0.3) is 33.4 Å². The largest absolute Gasteiger partial charge is 0.385 e. The van der Waals surface area contributed by atoms with E-state index in [1.165, 1.54) is 12.2 Å². The summed E-state index contributed by atoms with van der Waals surface area (Å²) in [6, 6.07) is 33.1. The van der Waals surface area contributed by atoms with E-state index in [4.69, 9.17) is 0 Å². The minimum Gasteiger partial charge on any atom is -0.385 e. The third kappa shape index (κ3) is 5.94. The van der Waals surface area contributed by atoms with Gasteiger partial charge in [0.05, 0.1) is 0 Å². The molecule has 0 fully saturated rings. The van der Waals surface area contributed by atoms with Crippen molar-refractivity contribution in [3.8, 4) is 33.4 Å². The Labute approximate surface area is 254 Å². The molecule has 4 nitrogen and oxygen atoms in total. The molecule has 0 heterocycles. The summed E-state index contributed by atoms with van der Waals surface area (Å²) in [6.07, 6.45) is 5.16. The lowest BCUT2D eigenvalue weighted by Crippen LogP contribution is -2.32. The SMILES string of the molecule is CC=CC(=O)C(O)CCC1(CCC(O)C(=O)C=CC)c2c(-c3ccccc3)cccc2-c2cccc(-c3ccccc3)c21. The number of benzene rings is 4. The van der Waals surface area contributed by atoms with Gasteiger partial charge in [0.15, 0.2) is 11.6 Å². The summed E-state index contributed by atoms with van der Waals surface area (Å²) in [4.78, 5) is 25.4. The normalized spacial score (nSPS) is 14.9. The number of hydrogen-bond donors (Lipinski definition) is 2. The summed E-state index contributed by atoms with van der Waals surface area (Å²) in [5, 5.41) is 22.0. The fourth-order valence-corrected chi connectivity index (χ4v) is 6.65. The standard InChI is InChI=1S/C39H38O4/c1-3-13-33(40)35(42)23-25-39(26-24-36(43)34(41)14-4-2)37-29(27-15-7-5-8-16-27)19-11-21-31(37)32-22-12-20-30(38(32)39)28-17-9-6-10-18-28/h3-22,35-36,42-43H,23-26H2,1-2H3. The van der Waals surface area contributed by atoms with Crippen LogP contribution in [0.2, 0.25) is 0 Å². The molecule has 218 valence electrons. The zero-order valence-electron chi connectivity index (χ0n) is 24.7. The summed E-state index contributed by atoms with van der Waals surface area (Å²) in [6.45, 7) is 3.52. The van der Waals surface area contributed by atoms with Gasteiger partial charge in [0.25, 0.3) is 0 Å². The zero-order chi connectivity index (χ0) is 30.4. The van der Waals surface area contributed by atoms with Crippen LogP contribution in [0.5, 0.6) is 0 Å². The maximum absolute atomic E-state index is 12.7. The van der Waals surface area contributed by atoms with E-state index in [1.807, 2.05) is 36.4 Å². The van der Waals surface area contributed by atoms with Gasteiger partial charge in [0.2, 0.25) is 0 Å². The fraction of sp³-hybridized carbons (Fsp3) is 0.231. The molecule has 0 bridgehead atoms. The number of fused-ring (bicyclic) bond motifs is 3. The number of allylic oxidation sites excluding steroid dienone is 2. The average molecular weight is 571 g/mol. The van der Waals surface area contributed by atoms with Crippen molar-refractivity contribution in [2.45, 2.75) is 57.2 Å². The van der Waals surface area contributed by atoms with Gasteiger partial charge in [-0.25, -0.2) is 0 Å². The molecule has 2 unspecified atom stereocenters. The van der Waals surface area contributed by atoms with E-state index < -0.39 is 17.6 Å². The van der Waals surface area contributed by atoms with Crippen LogP contribution in [-0.2, 0) is 15.0 Å². The van der Waals surface area contributed by atoms with E-state index in [9.17, 15) is 19.8 Å². The van der Waals surface area contributed by atoms with Gasteiger partial charge in [-0.1, -0.05) is 109 Å². The number of ketones is 2. The molecular weight excluding hydrogens is 532 g/mol. The van der Waals surface area contributed by atoms with Crippen molar-refractivity contribution in [3.63, 3.8) is 0 Å². The van der Waals surface area contributed by atoms with Crippen LogP contribution < -0.4 is 0 Å². The molecule has 0 radical (unpaired) electrons. The second kappa shape index (κ2) is 13.3. The smallest absolute Gasteiger partial charge is 0.183 e. The van der Waals surface area contributed by atoms with Gasteiger partial charge in [-0.3, -0.25) is 9.59 Å². The molecule has 5 rings (SSSR count). The Morgan fingerprint density at radius 2 is 0.953 bits per heavy atom. The number of hydrogen-bond acceptors (Lipinski definition) is 4. The van der Waals surface area contributed by atoms with Crippen molar-refractivity contribution in [2.75, 3.05) is 0 Å². The van der Waals surface area contributed by atoms with Gasteiger partial charge in [0, 0.05) is 5.41 Å². The van der Waals surface area contributed by atoms with Crippen LogP contribution in [0.15, 0.2) is 121 Å². The highest BCUT2D eigenvalue weighted by Gasteiger charge is 2.46. The monoisotopic (exact) mass is 570 g/mol. The summed E-state index contributed by atoms with van der Waals surface area (Å²) in [5.74, 6) is -0.654.